The first-order valence-electron chi connectivity index (χ1n) is 8.78. The number of rotatable bonds is 6. The average Bonchev–Trinajstić information content (AvgIpc) is 3.14. The van der Waals surface area contributed by atoms with Gasteiger partial charge >= 0.3 is 0 Å². The molecule has 0 atom stereocenters. The van der Waals surface area contributed by atoms with Gasteiger partial charge in [0.1, 0.15) is 0 Å². The molecule has 0 aliphatic carbocycles. The van der Waals surface area contributed by atoms with E-state index in [1.807, 2.05) is 36.4 Å². The van der Waals surface area contributed by atoms with Crippen LogP contribution in [0.25, 0.3) is 5.69 Å². The molecular weight excluding hydrogens is 358 g/mol. The SMILES string of the molecule is CC(C)c1ccc(-n2nnnc2SCc2ccc(C(=O)N(C)C)cc2)cc1. The number of hydrogen-bond donors (Lipinski definition) is 0. The standard InChI is InChI=1S/C20H23N5OS/c1-14(2)16-9-11-18(12-10-16)25-20(21-22-23-25)27-13-15-5-7-17(8-6-15)19(26)24(3)4/h5-12,14H,13H2,1-4H3. The molecule has 3 aromatic rings. The molecule has 0 radical (unpaired) electrons. The maximum atomic E-state index is 12.0. The van der Waals surface area contributed by atoms with Gasteiger partial charge in [0.15, 0.2) is 0 Å². The molecule has 0 saturated carbocycles. The van der Waals surface area contributed by atoms with Crippen molar-refractivity contribution in [2.45, 2.75) is 30.7 Å². The molecule has 0 saturated heterocycles. The molecule has 7 heteroatoms. The molecule has 2 aromatic carbocycles. The minimum absolute atomic E-state index is 0.00277. The van der Waals surface area contributed by atoms with E-state index in [9.17, 15) is 4.79 Å². The van der Waals surface area contributed by atoms with Crippen molar-refractivity contribution in [2.24, 2.45) is 0 Å². The van der Waals surface area contributed by atoms with Crippen molar-refractivity contribution in [1.82, 2.24) is 25.1 Å². The van der Waals surface area contributed by atoms with Crippen LogP contribution in [0.5, 0.6) is 0 Å². The molecule has 0 bridgehead atoms. The highest BCUT2D eigenvalue weighted by atomic mass is 32.2. The minimum Gasteiger partial charge on any atom is -0.345 e. The Morgan fingerprint density at radius 1 is 1.07 bits per heavy atom. The van der Waals surface area contributed by atoms with E-state index >= 15 is 0 Å². The number of hydrogen-bond acceptors (Lipinski definition) is 5. The molecule has 0 fully saturated rings. The maximum absolute atomic E-state index is 12.0. The average molecular weight is 382 g/mol. The van der Waals surface area contributed by atoms with E-state index in [4.69, 9.17) is 0 Å². The Labute approximate surface area is 163 Å². The Morgan fingerprint density at radius 3 is 2.33 bits per heavy atom. The number of tetrazole rings is 1. The van der Waals surface area contributed by atoms with Crippen LogP contribution in [0, 0.1) is 0 Å². The Kier molecular flexibility index (Phi) is 5.91. The van der Waals surface area contributed by atoms with E-state index in [-0.39, 0.29) is 5.91 Å². The summed E-state index contributed by atoms with van der Waals surface area (Å²) in [6.45, 7) is 4.34. The van der Waals surface area contributed by atoms with Crippen LogP contribution in [0.1, 0.15) is 41.3 Å². The van der Waals surface area contributed by atoms with Crippen molar-refractivity contribution in [3.8, 4) is 5.69 Å². The highest BCUT2D eigenvalue weighted by Crippen LogP contribution is 2.24. The summed E-state index contributed by atoms with van der Waals surface area (Å²) >= 11 is 1.56. The van der Waals surface area contributed by atoms with Crippen LogP contribution in [-0.2, 0) is 5.75 Å². The molecule has 0 aliphatic rings. The molecule has 27 heavy (non-hydrogen) atoms. The van der Waals surface area contributed by atoms with Gasteiger partial charge in [0.05, 0.1) is 5.69 Å². The van der Waals surface area contributed by atoms with Crippen LogP contribution in [0.2, 0.25) is 0 Å². The first kappa shape index (κ1) is 19.1. The lowest BCUT2D eigenvalue weighted by atomic mass is 10.0. The molecule has 0 N–H and O–H groups in total. The van der Waals surface area contributed by atoms with Gasteiger partial charge in [-0.3, -0.25) is 4.79 Å². The number of aromatic nitrogens is 4. The zero-order valence-electron chi connectivity index (χ0n) is 16.0. The van der Waals surface area contributed by atoms with E-state index < -0.39 is 0 Å². The molecule has 3 rings (SSSR count). The second kappa shape index (κ2) is 8.35. The van der Waals surface area contributed by atoms with Crippen LogP contribution in [0.15, 0.2) is 53.7 Å². The summed E-state index contributed by atoms with van der Waals surface area (Å²) in [5.74, 6) is 1.22. The minimum atomic E-state index is 0.00277. The van der Waals surface area contributed by atoms with E-state index in [1.54, 1.807) is 35.4 Å². The van der Waals surface area contributed by atoms with E-state index in [1.165, 1.54) is 5.56 Å². The lowest BCUT2D eigenvalue weighted by Gasteiger charge is -2.10. The van der Waals surface area contributed by atoms with Crippen molar-refractivity contribution >= 4 is 17.7 Å². The van der Waals surface area contributed by atoms with Crippen molar-refractivity contribution in [1.29, 1.82) is 0 Å². The predicted molar refractivity (Wildman–Crippen MR) is 107 cm³/mol. The number of carbonyl (C=O) groups is 1. The first-order chi connectivity index (χ1) is 13.0. The monoisotopic (exact) mass is 381 g/mol. The normalized spacial score (nSPS) is 11.0. The van der Waals surface area contributed by atoms with Gasteiger partial charge in [0.2, 0.25) is 5.16 Å². The summed E-state index contributed by atoms with van der Waals surface area (Å²) in [6, 6.07) is 15.9. The molecule has 1 aromatic heterocycles. The summed E-state index contributed by atoms with van der Waals surface area (Å²) < 4.78 is 1.75. The van der Waals surface area contributed by atoms with Gasteiger partial charge in [-0.25, -0.2) is 0 Å². The van der Waals surface area contributed by atoms with Crippen LogP contribution in [-0.4, -0.2) is 45.1 Å². The second-order valence-electron chi connectivity index (χ2n) is 6.80. The second-order valence-corrected chi connectivity index (χ2v) is 7.75. The highest BCUT2D eigenvalue weighted by molar-refractivity contribution is 7.98. The Bertz CT molecular complexity index is 901. The van der Waals surface area contributed by atoms with Gasteiger partial charge in [-0.1, -0.05) is 49.9 Å². The van der Waals surface area contributed by atoms with Crippen molar-refractivity contribution in [3.05, 3.63) is 65.2 Å². The first-order valence-corrected chi connectivity index (χ1v) is 9.76. The third-order valence-corrected chi connectivity index (χ3v) is 5.21. The van der Waals surface area contributed by atoms with Crippen LogP contribution in [0.3, 0.4) is 0 Å². The molecule has 0 aliphatic heterocycles. The topological polar surface area (TPSA) is 63.9 Å². The fourth-order valence-corrected chi connectivity index (χ4v) is 3.43. The molecule has 0 unspecified atom stereocenters. The summed E-state index contributed by atoms with van der Waals surface area (Å²) in [6.07, 6.45) is 0. The van der Waals surface area contributed by atoms with Crippen LogP contribution in [0.4, 0.5) is 0 Å². The van der Waals surface area contributed by atoms with Crippen molar-refractivity contribution < 1.29 is 4.79 Å². The molecular formula is C20H23N5OS. The third kappa shape index (κ3) is 4.54. The maximum Gasteiger partial charge on any atom is 0.253 e. The van der Waals surface area contributed by atoms with E-state index in [0.717, 1.165) is 22.2 Å². The summed E-state index contributed by atoms with van der Waals surface area (Å²) in [7, 11) is 3.50. The summed E-state index contributed by atoms with van der Waals surface area (Å²) in [4.78, 5) is 13.5. The Balaban J connectivity index is 1.69. The number of amides is 1. The van der Waals surface area contributed by atoms with Gasteiger partial charge in [-0.15, -0.1) is 5.10 Å². The van der Waals surface area contributed by atoms with Gasteiger partial charge < -0.3 is 4.90 Å². The van der Waals surface area contributed by atoms with Crippen LogP contribution < -0.4 is 0 Å². The number of nitrogens with zero attached hydrogens (tertiary/aromatic N) is 5. The van der Waals surface area contributed by atoms with Crippen LogP contribution >= 0.6 is 11.8 Å². The van der Waals surface area contributed by atoms with Gasteiger partial charge in [0, 0.05) is 25.4 Å². The molecule has 140 valence electrons. The smallest absolute Gasteiger partial charge is 0.253 e. The Hall–Kier alpha value is -2.67. The van der Waals surface area contributed by atoms with E-state index in [2.05, 4.69) is 41.5 Å². The lowest BCUT2D eigenvalue weighted by Crippen LogP contribution is -2.21. The fourth-order valence-electron chi connectivity index (χ4n) is 2.58. The Morgan fingerprint density at radius 2 is 1.74 bits per heavy atom. The molecule has 1 amide bonds. The number of carbonyl (C=O) groups excluding carboxylic acids is 1. The lowest BCUT2D eigenvalue weighted by molar-refractivity contribution is 0.0827. The van der Waals surface area contributed by atoms with Gasteiger partial charge in [-0.2, -0.15) is 4.68 Å². The van der Waals surface area contributed by atoms with Gasteiger partial charge in [-0.05, 0) is 51.7 Å². The van der Waals surface area contributed by atoms with Gasteiger partial charge in [0.25, 0.3) is 5.91 Å². The van der Waals surface area contributed by atoms with E-state index in [0.29, 0.717) is 11.5 Å². The number of benzene rings is 2. The summed E-state index contributed by atoms with van der Waals surface area (Å²) in [5.41, 5.74) is 4.02. The highest BCUT2D eigenvalue weighted by Gasteiger charge is 2.11. The fraction of sp³-hybridized carbons (Fsp3) is 0.300. The zero-order valence-corrected chi connectivity index (χ0v) is 16.8. The predicted octanol–water partition coefficient (Wildman–Crippen LogP) is 3.78. The third-order valence-electron chi connectivity index (χ3n) is 4.22. The molecule has 6 nitrogen and oxygen atoms in total. The number of thioether (sulfide) groups is 1. The quantitative estimate of drug-likeness (QED) is 0.608. The molecule has 1 heterocycles. The largest absolute Gasteiger partial charge is 0.345 e. The zero-order chi connectivity index (χ0) is 19.4. The van der Waals surface area contributed by atoms with Crippen molar-refractivity contribution in [2.75, 3.05) is 14.1 Å². The van der Waals surface area contributed by atoms with Crippen molar-refractivity contribution in [3.63, 3.8) is 0 Å². The molecule has 0 spiro atoms. The summed E-state index contributed by atoms with van der Waals surface area (Å²) in [5, 5.41) is 12.8.